The highest BCUT2D eigenvalue weighted by molar-refractivity contribution is 6.08. The summed E-state index contributed by atoms with van der Waals surface area (Å²) >= 11 is 0. The summed E-state index contributed by atoms with van der Waals surface area (Å²) in [5.41, 5.74) is 0.317. The fraction of sp³-hybridized carbons (Fsp3) is 0.286. The normalized spacial score (nSPS) is 10.2. The number of rotatable bonds is 5. The van der Waals surface area contributed by atoms with Crippen molar-refractivity contribution < 1.29 is 27.9 Å². The molecular weight excluding hydrogens is 278 g/mol. The van der Waals surface area contributed by atoms with Crippen LogP contribution >= 0.6 is 0 Å². The summed E-state index contributed by atoms with van der Waals surface area (Å²) < 4.78 is 20.1. The van der Waals surface area contributed by atoms with E-state index >= 15 is 0 Å². The van der Waals surface area contributed by atoms with Crippen molar-refractivity contribution in [2.45, 2.75) is 6.92 Å². The molecule has 0 atom stereocenters. The van der Waals surface area contributed by atoms with Gasteiger partial charge in [0.1, 0.15) is 11.3 Å². The first-order valence-electron chi connectivity index (χ1n) is 6.25. The first-order chi connectivity index (χ1) is 10.1. The molecule has 2 aromatic rings. The maximum absolute atomic E-state index is 12.0. The minimum Gasteiger partial charge on any atom is -0.465 e. The summed E-state index contributed by atoms with van der Waals surface area (Å²) in [7, 11) is 2.42. The van der Waals surface area contributed by atoms with E-state index in [-0.39, 0.29) is 17.1 Å². The predicted octanol–water partition coefficient (Wildman–Crippen LogP) is 2.54. The largest absolute Gasteiger partial charge is 0.465 e. The van der Waals surface area contributed by atoms with Crippen LogP contribution in [0, 0.1) is 0 Å². The molecule has 0 amide bonds. The Kier molecular flexibility index (Phi) is 4.32. The van der Waals surface area contributed by atoms with Gasteiger partial charge in [0.25, 0.3) is 0 Å². The van der Waals surface area contributed by atoms with Crippen LogP contribution in [0.4, 0.5) is 5.69 Å². The second-order valence-electron chi connectivity index (χ2n) is 4.00. The zero-order valence-electron chi connectivity index (χ0n) is 11.9. The molecule has 0 bridgehead atoms. The highest BCUT2D eigenvalue weighted by Gasteiger charge is 2.32. The average molecular weight is 293 g/mol. The van der Waals surface area contributed by atoms with Crippen LogP contribution in [-0.4, -0.2) is 32.7 Å². The van der Waals surface area contributed by atoms with E-state index < -0.39 is 11.9 Å². The van der Waals surface area contributed by atoms with Crippen LogP contribution in [-0.2, 0) is 9.47 Å². The number of esters is 2. The van der Waals surface area contributed by atoms with Gasteiger partial charge in [0.05, 0.1) is 20.5 Å². The Morgan fingerprint density at radius 1 is 1.24 bits per heavy atom. The van der Waals surface area contributed by atoms with E-state index in [0.717, 1.165) is 0 Å². The van der Waals surface area contributed by atoms with E-state index in [0.29, 0.717) is 18.0 Å². The van der Waals surface area contributed by atoms with Crippen molar-refractivity contribution in [1.82, 2.24) is 0 Å². The highest BCUT2D eigenvalue weighted by atomic mass is 16.5. The molecule has 112 valence electrons. The van der Waals surface area contributed by atoms with Gasteiger partial charge in [-0.15, -0.1) is 0 Å². The van der Waals surface area contributed by atoms with E-state index in [2.05, 4.69) is 10.1 Å². The predicted molar refractivity (Wildman–Crippen MR) is 73.3 cm³/mol. The van der Waals surface area contributed by atoms with Crippen molar-refractivity contribution in [3.8, 4) is 11.5 Å². The maximum Gasteiger partial charge on any atom is 0.374 e. The van der Waals surface area contributed by atoms with Gasteiger partial charge in [-0.05, 0) is 19.1 Å². The van der Waals surface area contributed by atoms with E-state index in [4.69, 9.17) is 13.6 Å². The number of nitrogens with one attached hydrogen (secondary N) is 1. The lowest BCUT2D eigenvalue weighted by molar-refractivity contribution is 0.0529. The van der Waals surface area contributed by atoms with Crippen molar-refractivity contribution in [3.63, 3.8) is 0 Å². The van der Waals surface area contributed by atoms with Crippen molar-refractivity contribution >= 4 is 17.6 Å². The molecule has 0 spiro atoms. The number of anilines is 1. The number of carbonyl (C=O) groups is 2. The Morgan fingerprint density at radius 3 is 2.48 bits per heavy atom. The number of hydrogen-bond donors (Lipinski definition) is 1. The van der Waals surface area contributed by atoms with Gasteiger partial charge in [0.2, 0.25) is 5.76 Å². The van der Waals surface area contributed by atoms with Crippen molar-refractivity contribution in [3.05, 3.63) is 29.7 Å². The van der Waals surface area contributed by atoms with Gasteiger partial charge >= 0.3 is 11.9 Å². The Balaban J connectivity index is 2.68. The number of methoxy groups -OCH3 is 2. The summed E-state index contributed by atoms with van der Waals surface area (Å²) in [5.74, 6) is -1.08. The molecule has 0 aromatic carbocycles. The second-order valence-corrected chi connectivity index (χ2v) is 4.00. The first kappa shape index (κ1) is 14.7. The molecule has 0 aliphatic carbocycles. The van der Waals surface area contributed by atoms with E-state index in [1.165, 1.54) is 20.5 Å². The summed E-state index contributed by atoms with van der Waals surface area (Å²) in [6.45, 7) is 2.36. The SMILES string of the molecule is CCNc1c(-c2ccco2)oc(C(=O)OC)c1C(=O)OC. The zero-order chi connectivity index (χ0) is 15.4. The van der Waals surface area contributed by atoms with Gasteiger partial charge in [0.15, 0.2) is 11.5 Å². The first-order valence-corrected chi connectivity index (χ1v) is 6.25. The Morgan fingerprint density at radius 2 is 1.95 bits per heavy atom. The monoisotopic (exact) mass is 293 g/mol. The van der Waals surface area contributed by atoms with Crippen LogP contribution in [0.25, 0.3) is 11.5 Å². The molecule has 0 aliphatic rings. The third-order valence-corrected chi connectivity index (χ3v) is 2.77. The van der Waals surface area contributed by atoms with Crippen LogP contribution in [0.2, 0.25) is 0 Å². The molecule has 7 nitrogen and oxygen atoms in total. The van der Waals surface area contributed by atoms with Crippen molar-refractivity contribution in [1.29, 1.82) is 0 Å². The van der Waals surface area contributed by atoms with E-state index in [1.54, 1.807) is 12.1 Å². The average Bonchev–Trinajstić information content (AvgIpc) is 3.13. The number of furan rings is 2. The van der Waals surface area contributed by atoms with Gasteiger partial charge in [-0.1, -0.05) is 0 Å². The summed E-state index contributed by atoms with van der Waals surface area (Å²) in [6, 6.07) is 3.32. The Hall–Kier alpha value is -2.70. The van der Waals surface area contributed by atoms with Crippen LogP contribution in [0.3, 0.4) is 0 Å². The van der Waals surface area contributed by atoms with Crippen LogP contribution in [0.15, 0.2) is 27.2 Å². The smallest absolute Gasteiger partial charge is 0.374 e. The molecule has 0 aliphatic heterocycles. The quantitative estimate of drug-likeness (QED) is 0.847. The summed E-state index contributed by atoms with van der Waals surface area (Å²) in [6.07, 6.45) is 1.46. The molecule has 2 aromatic heterocycles. The third kappa shape index (κ3) is 2.62. The summed E-state index contributed by atoms with van der Waals surface area (Å²) in [4.78, 5) is 23.8. The molecule has 2 rings (SSSR count). The molecule has 21 heavy (non-hydrogen) atoms. The lowest BCUT2D eigenvalue weighted by Gasteiger charge is -2.05. The van der Waals surface area contributed by atoms with Crippen molar-refractivity contribution in [2.24, 2.45) is 0 Å². The molecule has 0 unspecified atom stereocenters. The van der Waals surface area contributed by atoms with Gasteiger partial charge in [-0.25, -0.2) is 9.59 Å². The molecule has 1 N–H and O–H groups in total. The molecule has 2 heterocycles. The number of ether oxygens (including phenoxy) is 2. The molecule has 0 saturated carbocycles. The second kappa shape index (κ2) is 6.17. The fourth-order valence-corrected chi connectivity index (χ4v) is 1.89. The minimum absolute atomic E-state index is 0.0161. The molecular formula is C14H15NO6. The van der Waals surface area contributed by atoms with Gasteiger partial charge in [-0.2, -0.15) is 0 Å². The molecule has 7 heteroatoms. The molecule has 0 radical (unpaired) electrons. The fourth-order valence-electron chi connectivity index (χ4n) is 1.89. The lowest BCUT2D eigenvalue weighted by Crippen LogP contribution is -2.12. The standard InChI is InChI=1S/C14H15NO6/c1-4-15-10-9(13(16)18-2)12(14(17)19-3)21-11(10)8-6-5-7-20-8/h5-7,15H,4H2,1-3H3. The molecule has 0 saturated heterocycles. The Labute approximate surface area is 120 Å². The Bertz CT molecular complexity index is 641. The van der Waals surface area contributed by atoms with Gasteiger partial charge < -0.3 is 23.6 Å². The van der Waals surface area contributed by atoms with Crippen molar-refractivity contribution in [2.75, 3.05) is 26.1 Å². The topological polar surface area (TPSA) is 90.9 Å². The van der Waals surface area contributed by atoms with Gasteiger partial charge in [0, 0.05) is 6.54 Å². The number of carbonyl (C=O) groups excluding carboxylic acids is 2. The summed E-state index contributed by atoms with van der Waals surface area (Å²) in [5, 5.41) is 2.99. The van der Waals surface area contributed by atoms with Crippen LogP contribution in [0.5, 0.6) is 0 Å². The van der Waals surface area contributed by atoms with Gasteiger partial charge in [-0.3, -0.25) is 0 Å². The lowest BCUT2D eigenvalue weighted by atomic mass is 10.1. The highest BCUT2D eigenvalue weighted by Crippen LogP contribution is 2.37. The molecule has 0 fully saturated rings. The third-order valence-electron chi connectivity index (χ3n) is 2.77. The van der Waals surface area contributed by atoms with Crippen LogP contribution in [0.1, 0.15) is 27.8 Å². The minimum atomic E-state index is -0.771. The maximum atomic E-state index is 12.0. The van der Waals surface area contributed by atoms with Crippen LogP contribution < -0.4 is 5.32 Å². The zero-order valence-corrected chi connectivity index (χ0v) is 11.9. The number of hydrogen-bond acceptors (Lipinski definition) is 7. The van der Waals surface area contributed by atoms with E-state index in [1.807, 2.05) is 6.92 Å². The van der Waals surface area contributed by atoms with E-state index in [9.17, 15) is 9.59 Å².